The number of rotatable bonds is 4. The van der Waals surface area contributed by atoms with Crippen molar-refractivity contribution < 1.29 is 19.1 Å². The summed E-state index contributed by atoms with van der Waals surface area (Å²) in [5.74, 6) is 0.593. The van der Waals surface area contributed by atoms with Gasteiger partial charge in [0.05, 0.1) is 4.91 Å². The van der Waals surface area contributed by atoms with E-state index in [2.05, 4.69) is 5.32 Å². The molecule has 116 valence electrons. The van der Waals surface area contributed by atoms with Crippen molar-refractivity contribution in [2.45, 2.75) is 0 Å². The highest BCUT2D eigenvalue weighted by Crippen LogP contribution is 2.28. The van der Waals surface area contributed by atoms with Crippen LogP contribution >= 0.6 is 24.0 Å². The molecule has 5 nitrogen and oxygen atoms in total. The highest BCUT2D eigenvalue weighted by Gasteiger charge is 2.22. The number of hydrogen-bond acceptors (Lipinski definition) is 6. The van der Waals surface area contributed by atoms with Crippen molar-refractivity contribution in [3.05, 3.63) is 52.6 Å². The standard InChI is InChI=1S/C16H11NO4S2/c18-8-12(19)9-1-3-10(4-2-9)13-6-5-11(21-13)7-14-15(20)17-16(22)23-14/h1-7,18H,8H2,(H,17,20,22)/b14-7-. The number of Topliss-reactive ketones (excluding diaryl/α,β-unsaturated/α-hetero) is 1. The summed E-state index contributed by atoms with van der Waals surface area (Å²) in [5.41, 5.74) is 1.24. The summed E-state index contributed by atoms with van der Waals surface area (Å²) < 4.78 is 6.12. The molecule has 23 heavy (non-hydrogen) atoms. The van der Waals surface area contributed by atoms with Gasteiger partial charge >= 0.3 is 0 Å². The van der Waals surface area contributed by atoms with Gasteiger partial charge in [0.2, 0.25) is 0 Å². The van der Waals surface area contributed by atoms with E-state index in [1.807, 2.05) is 0 Å². The summed E-state index contributed by atoms with van der Waals surface area (Å²) in [6.45, 7) is -0.514. The third-order valence-electron chi connectivity index (χ3n) is 3.18. The van der Waals surface area contributed by atoms with E-state index in [-0.39, 0.29) is 11.7 Å². The second-order valence-electron chi connectivity index (χ2n) is 4.71. The van der Waals surface area contributed by atoms with Crippen molar-refractivity contribution in [3.63, 3.8) is 0 Å². The molecule has 0 unspecified atom stereocenters. The number of furan rings is 1. The Morgan fingerprint density at radius 3 is 2.61 bits per heavy atom. The Hall–Kier alpha value is -2.22. The molecule has 2 aromatic rings. The molecule has 0 spiro atoms. The predicted octanol–water partition coefficient (Wildman–Crippen LogP) is 2.61. The maximum Gasteiger partial charge on any atom is 0.263 e. The largest absolute Gasteiger partial charge is 0.457 e. The van der Waals surface area contributed by atoms with E-state index in [1.54, 1.807) is 42.5 Å². The zero-order valence-electron chi connectivity index (χ0n) is 11.7. The Morgan fingerprint density at radius 2 is 2.00 bits per heavy atom. The van der Waals surface area contributed by atoms with E-state index < -0.39 is 6.61 Å². The number of benzene rings is 1. The Labute approximate surface area is 141 Å². The first-order valence-corrected chi connectivity index (χ1v) is 7.88. The zero-order valence-corrected chi connectivity index (χ0v) is 13.4. The predicted molar refractivity (Wildman–Crippen MR) is 91.9 cm³/mol. The fourth-order valence-electron chi connectivity index (χ4n) is 2.05. The van der Waals surface area contributed by atoms with E-state index in [4.69, 9.17) is 21.7 Å². The van der Waals surface area contributed by atoms with Crippen molar-refractivity contribution in [1.82, 2.24) is 5.32 Å². The molecule has 2 heterocycles. The molecule has 1 amide bonds. The van der Waals surface area contributed by atoms with E-state index in [9.17, 15) is 9.59 Å². The van der Waals surface area contributed by atoms with Gasteiger partial charge in [0.15, 0.2) is 5.78 Å². The van der Waals surface area contributed by atoms with Crippen LogP contribution in [-0.4, -0.2) is 27.7 Å². The van der Waals surface area contributed by atoms with Crippen LogP contribution < -0.4 is 5.32 Å². The van der Waals surface area contributed by atoms with Gasteiger partial charge in [-0.25, -0.2) is 0 Å². The van der Waals surface area contributed by atoms with Crippen LogP contribution in [0, 0.1) is 0 Å². The molecule has 0 bridgehead atoms. The monoisotopic (exact) mass is 345 g/mol. The summed E-state index contributed by atoms with van der Waals surface area (Å²) >= 11 is 6.12. The lowest BCUT2D eigenvalue weighted by Crippen LogP contribution is -2.17. The molecule has 2 N–H and O–H groups in total. The number of carbonyl (C=O) groups excluding carboxylic acids is 2. The van der Waals surface area contributed by atoms with Crippen LogP contribution in [-0.2, 0) is 4.79 Å². The van der Waals surface area contributed by atoms with Gasteiger partial charge < -0.3 is 14.8 Å². The fourth-order valence-corrected chi connectivity index (χ4v) is 3.07. The Morgan fingerprint density at radius 1 is 1.26 bits per heavy atom. The summed E-state index contributed by atoms with van der Waals surface area (Å²) in [5, 5.41) is 11.4. The van der Waals surface area contributed by atoms with Crippen LogP contribution in [0.1, 0.15) is 16.1 Å². The van der Waals surface area contributed by atoms with Gasteiger partial charge in [0, 0.05) is 17.2 Å². The lowest BCUT2D eigenvalue weighted by Gasteiger charge is -2.00. The van der Waals surface area contributed by atoms with E-state index in [0.717, 1.165) is 5.56 Å². The molecule has 1 aliphatic rings. The third-order valence-corrected chi connectivity index (χ3v) is 4.34. The Balaban J connectivity index is 1.82. The number of carbonyl (C=O) groups is 2. The third kappa shape index (κ3) is 3.42. The highest BCUT2D eigenvalue weighted by molar-refractivity contribution is 8.26. The number of amides is 1. The minimum absolute atomic E-state index is 0.232. The average Bonchev–Trinajstić information content (AvgIpc) is 3.14. The molecule has 0 radical (unpaired) electrons. The first kappa shape index (κ1) is 15.7. The quantitative estimate of drug-likeness (QED) is 0.504. The maximum absolute atomic E-state index is 11.6. The number of hydrogen-bond donors (Lipinski definition) is 2. The molecule has 1 fully saturated rings. The highest BCUT2D eigenvalue weighted by atomic mass is 32.2. The lowest BCUT2D eigenvalue weighted by molar-refractivity contribution is -0.115. The second-order valence-corrected chi connectivity index (χ2v) is 6.43. The van der Waals surface area contributed by atoms with Gasteiger partial charge in [-0.15, -0.1) is 0 Å². The molecule has 0 saturated carbocycles. The molecular formula is C16H11NO4S2. The van der Waals surface area contributed by atoms with Crippen LogP contribution in [0.4, 0.5) is 0 Å². The molecule has 0 atom stereocenters. The van der Waals surface area contributed by atoms with E-state index in [1.165, 1.54) is 11.8 Å². The summed E-state index contributed by atoms with van der Waals surface area (Å²) in [6, 6.07) is 10.3. The number of nitrogens with one attached hydrogen (secondary N) is 1. The van der Waals surface area contributed by atoms with Crippen molar-refractivity contribution >= 4 is 46.1 Å². The van der Waals surface area contributed by atoms with Gasteiger partial charge in [0.1, 0.15) is 22.4 Å². The number of ketones is 1. The molecule has 0 aliphatic carbocycles. The van der Waals surface area contributed by atoms with Gasteiger partial charge in [0.25, 0.3) is 5.91 Å². The molecule has 1 aliphatic heterocycles. The number of thiocarbonyl (C=S) groups is 1. The molecule has 7 heteroatoms. The van der Waals surface area contributed by atoms with Crippen LogP contribution in [0.3, 0.4) is 0 Å². The topological polar surface area (TPSA) is 79.5 Å². The normalized spacial score (nSPS) is 16.0. The molecular weight excluding hydrogens is 334 g/mol. The van der Waals surface area contributed by atoms with Crippen molar-refractivity contribution in [1.29, 1.82) is 0 Å². The fraction of sp³-hybridized carbons (Fsp3) is 0.0625. The first-order chi connectivity index (χ1) is 11.1. The smallest absolute Gasteiger partial charge is 0.263 e. The van der Waals surface area contributed by atoms with E-state index >= 15 is 0 Å². The SMILES string of the molecule is O=C1NC(=S)S/C1=C\c1ccc(-c2ccc(C(=O)CO)cc2)o1. The maximum atomic E-state index is 11.6. The molecule has 3 rings (SSSR count). The lowest BCUT2D eigenvalue weighted by atomic mass is 10.1. The average molecular weight is 345 g/mol. The van der Waals surface area contributed by atoms with Gasteiger partial charge in [-0.05, 0) is 12.1 Å². The Kier molecular flexibility index (Phi) is 4.42. The van der Waals surface area contributed by atoms with Gasteiger partial charge in [-0.3, -0.25) is 9.59 Å². The molecule has 1 aromatic heterocycles. The number of thioether (sulfide) groups is 1. The van der Waals surface area contributed by atoms with Crippen molar-refractivity contribution in [2.75, 3.05) is 6.61 Å². The van der Waals surface area contributed by atoms with Gasteiger partial charge in [-0.1, -0.05) is 48.2 Å². The molecule has 1 aromatic carbocycles. The zero-order chi connectivity index (χ0) is 16.4. The van der Waals surface area contributed by atoms with Crippen molar-refractivity contribution in [2.24, 2.45) is 0 Å². The Bertz CT molecular complexity index is 821. The summed E-state index contributed by atoms with van der Waals surface area (Å²) in [7, 11) is 0. The van der Waals surface area contributed by atoms with Crippen molar-refractivity contribution in [3.8, 4) is 11.3 Å². The second kappa shape index (κ2) is 6.49. The number of aliphatic hydroxyl groups excluding tert-OH is 1. The van der Waals surface area contributed by atoms with Crippen LogP contribution in [0.2, 0.25) is 0 Å². The first-order valence-electron chi connectivity index (χ1n) is 6.66. The number of aliphatic hydroxyl groups is 1. The minimum Gasteiger partial charge on any atom is -0.457 e. The van der Waals surface area contributed by atoms with Crippen LogP contribution in [0.15, 0.2) is 45.7 Å². The van der Waals surface area contributed by atoms with E-state index in [0.29, 0.717) is 26.3 Å². The van der Waals surface area contributed by atoms with Gasteiger partial charge in [-0.2, -0.15) is 0 Å². The minimum atomic E-state index is -0.514. The summed E-state index contributed by atoms with van der Waals surface area (Å²) in [4.78, 5) is 23.5. The molecule has 1 saturated heterocycles. The van der Waals surface area contributed by atoms with Crippen LogP contribution in [0.25, 0.3) is 17.4 Å². The van der Waals surface area contributed by atoms with Crippen LogP contribution in [0.5, 0.6) is 0 Å². The summed E-state index contributed by atoms with van der Waals surface area (Å²) in [6.07, 6.45) is 1.63.